The first-order valence-corrected chi connectivity index (χ1v) is 7.23. The van der Waals surface area contributed by atoms with Crippen LogP contribution < -0.4 is 0 Å². The third-order valence-corrected chi connectivity index (χ3v) is 4.77. The van der Waals surface area contributed by atoms with Gasteiger partial charge in [-0.1, -0.05) is 0 Å². The van der Waals surface area contributed by atoms with Gasteiger partial charge >= 0.3 is 5.97 Å². The minimum atomic E-state index is -0.639. The standard InChI is InChI=1S/C14H26N2O2/c1-14(13(17)18)8-3-4-10-16(14)12-6-5-9-15(2)11-7-12/h12H,3-11H2,1-2H3,(H,17,18). The van der Waals surface area contributed by atoms with Crippen LogP contribution in [-0.2, 0) is 4.79 Å². The zero-order valence-corrected chi connectivity index (χ0v) is 11.7. The number of carboxylic acid groups (broad SMARTS) is 1. The molecule has 4 nitrogen and oxygen atoms in total. The van der Waals surface area contributed by atoms with Crippen LogP contribution >= 0.6 is 0 Å². The molecule has 18 heavy (non-hydrogen) atoms. The predicted molar refractivity (Wildman–Crippen MR) is 71.7 cm³/mol. The summed E-state index contributed by atoms with van der Waals surface area (Å²) in [5.74, 6) is -0.639. The molecule has 0 spiro atoms. The summed E-state index contributed by atoms with van der Waals surface area (Å²) >= 11 is 0. The molecule has 2 unspecified atom stereocenters. The van der Waals surface area contributed by atoms with Crippen LogP contribution in [0.1, 0.15) is 45.4 Å². The van der Waals surface area contributed by atoms with Crippen molar-refractivity contribution < 1.29 is 9.90 Å². The normalized spacial score (nSPS) is 36.2. The lowest BCUT2D eigenvalue weighted by atomic mass is 9.85. The highest BCUT2D eigenvalue weighted by atomic mass is 16.4. The SMILES string of the molecule is CN1CCCC(N2CCCCC2(C)C(=O)O)CC1. The first-order valence-electron chi connectivity index (χ1n) is 7.23. The highest BCUT2D eigenvalue weighted by molar-refractivity contribution is 5.78. The third kappa shape index (κ3) is 2.69. The van der Waals surface area contributed by atoms with E-state index in [0.29, 0.717) is 6.04 Å². The van der Waals surface area contributed by atoms with Gasteiger partial charge in [-0.2, -0.15) is 0 Å². The molecule has 2 saturated heterocycles. The van der Waals surface area contributed by atoms with Crippen LogP contribution in [0.25, 0.3) is 0 Å². The number of rotatable bonds is 2. The molecule has 4 heteroatoms. The lowest BCUT2D eigenvalue weighted by Crippen LogP contribution is -2.59. The fraction of sp³-hybridized carbons (Fsp3) is 0.929. The van der Waals surface area contributed by atoms with Crippen molar-refractivity contribution in [2.24, 2.45) is 0 Å². The number of hydrogen-bond acceptors (Lipinski definition) is 3. The van der Waals surface area contributed by atoms with Gasteiger partial charge in [0.05, 0.1) is 0 Å². The summed E-state index contributed by atoms with van der Waals surface area (Å²) < 4.78 is 0. The molecule has 0 bridgehead atoms. The van der Waals surface area contributed by atoms with Gasteiger partial charge < -0.3 is 10.0 Å². The highest BCUT2D eigenvalue weighted by Gasteiger charge is 2.44. The Morgan fingerprint density at radius 3 is 2.67 bits per heavy atom. The van der Waals surface area contributed by atoms with Gasteiger partial charge in [-0.25, -0.2) is 0 Å². The first-order chi connectivity index (χ1) is 8.54. The molecule has 0 aliphatic carbocycles. The van der Waals surface area contributed by atoms with E-state index in [-0.39, 0.29) is 0 Å². The maximum absolute atomic E-state index is 11.6. The van der Waals surface area contributed by atoms with Crippen molar-refractivity contribution in [3.8, 4) is 0 Å². The van der Waals surface area contributed by atoms with Crippen LogP contribution in [0.2, 0.25) is 0 Å². The monoisotopic (exact) mass is 254 g/mol. The van der Waals surface area contributed by atoms with Crippen LogP contribution in [0.15, 0.2) is 0 Å². The summed E-state index contributed by atoms with van der Waals surface area (Å²) in [6.07, 6.45) is 6.44. The zero-order valence-electron chi connectivity index (χ0n) is 11.7. The van der Waals surface area contributed by atoms with Crippen molar-refractivity contribution in [2.45, 2.75) is 57.0 Å². The van der Waals surface area contributed by atoms with Gasteiger partial charge in [-0.3, -0.25) is 9.69 Å². The summed E-state index contributed by atoms with van der Waals surface area (Å²) in [6, 6.07) is 0.455. The van der Waals surface area contributed by atoms with Crippen molar-refractivity contribution >= 4 is 5.97 Å². The van der Waals surface area contributed by atoms with Crippen LogP contribution in [0.3, 0.4) is 0 Å². The molecule has 0 aromatic rings. The summed E-state index contributed by atoms with van der Waals surface area (Å²) in [4.78, 5) is 16.3. The number of carboxylic acids is 1. The van der Waals surface area contributed by atoms with Gasteiger partial charge in [-0.15, -0.1) is 0 Å². The Bertz CT molecular complexity index is 308. The van der Waals surface area contributed by atoms with E-state index >= 15 is 0 Å². The van der Waals surface area contributed by atoms with Crippen LogP contribution in [-0.4, -0.2) is 59.1 Å². The lowest BCUT2D eigenvalue weighted by molar-refractivity contribution is -0.155. The van der Waals surface area contributed by atoms with Crippen molar-refractivity contribution in [3.05, 3.63) is 0 Å². The largest absolute Gasteiger partial charge is 0.480 e. The third-order valence-electron chi connectivity index (χ3n) is 4.77. The number of nitrogens with zero attached hydrogens (tertiary/aromatic N) is 2. The average molecular weight is 254 g/mol. The van der Waals surface area contributed by atoms with E-state index < -0.39 is 11.5 Å². The molecule has 0 radical (unpaired) electrons. The lowest BCUT2D eigenvalue weighted by Gasteiger charge is -2.46. The van der Waals surface area contributed by atoms with Crippen molar-refractivity contribution in [1.29, 1.82) is 0 Å². The predicted octanol–water partition coefficient (Wildman–Crippen LogP) is 1.80. The molecule has 0 saturated carbocycles. The van der Waals surface area contributed by atoms with Gasteiger partial charge in [-0.05, 0) is 72.1 Å². The summed E-state index contributed by atoms with van der Waals surface area (Å²) in [7, 11) is 2.16. The Hall–Kier alpha value is -0.610. The Morgan fingerprint density at radius 1 is 1.17 bits per heavy atom. The smallest absolute Gasteiger partial charge is 0.323 e. The van der Waals surface area contributed by atoms with E-state index in [2.05, 4.69) is 16.8 Å². The molecule has 0 aromatic heterocycles. The molecule has 2 fully saturated rings. The van der Waals surface area contributed by atoms with Gasteiger partial charge in [0.15, 0.2) is 0 Å². The number of likely N-dealkylation sites (tertiary alicyclic amines) is 2. The number of piperidine rings is 1. The van der Waals surface area contributed by atoms with Crippen molar-refractivity contribution in [1.82, 2.24) is 9.80 Å². The van der Waals surface area contributed by atoms with E-state index in [1.54, 1.807) is 0 Å². The molecular formula is C14H26N2O2. The molecular weight excluding hydrogens is 228 g/mol. The van der Waals surface area contributed by atoms with Crippen LogP contribution in [0, 0.1) is 0 Å². The van der Waals surface area contributed by atoms with Crippen LogP contribution in [0.4, 0.5) is 0 Å². The molecule has 2 aliphatic rings. The minimum absolute atomic E-state index is 0.455. The quantitative estimate of drug-likeness (QED) is 0.816. The molecule has 0 aromatic carbocycles. The van der Waals surface area contributed by atoms with Gasteiger partial charge in [0.2, 0.25) is 0 Å². The second-order valence-corrected chi connectivity index (χ2v) is 6.12. The van der Waals surface area contributed by atoms with Gasteiger partial charge in [0.25, 0.3) is 0 Å². The van der Waals surface area contributed by atoms with Crippen molar-refractivity contribution in [3.63, 3.8) is 0 Å². The van der Waals surface area contributed by atoms with Crippen molar-refractivity contribution in [2.75, 3.05) is 26.7 Å². The molecule has 2 rings (SSSR count). The Kier molecular flexibility index (Phi) is 4.28. The molecule has 2 atom stereocenters. The van der Waals surface area contributed by atoms with Gasteiger partial charge in [0.1, 0.15) is 5.54 Å². The topological polar surface area (TPSA) is 43.8 Å². The summed E-state index contributed by atoms with van der Waals surface area (Å²) in [5, 5.41) is 9.57. The Balaban J connectivity index is 2.11. The fourth-order valence-corrected chi connectivity index (χ4v) is 3.49. The maximum atomic E-state index is 11.6. The van der Waals surface area contributed by atoms with Gasteiger partial charge in [0, 0.05) is 6.04 Å². The molecule has 2 heterocycles. The molecule has 2 aliphatic heterocycles. The number of aliphatic carboxylic acids is 1. The molecule has 0 amide bonds. The van der Waals surface area contributed by atoms with E-state index in [0.717, 1.165) is 51.7 Å². The highest BCUT2D eigenvalue weighted by Crippen LogP contribution is 2.33. The van der Waals surface area contributed by atoms with E-state index in [1.165, 1.54) is 6.42 Å². The van der Waals surface area contributed by atoms with E-state index in [1.807, 2.05) is 6.92 Å². The minimum Gasteiger partial charge on any atom is -0.480 e. The number of hydrogen-bond donors (Lipinski definition) is 1. The molecule has 104 valence electrons. The van der Waals surface area contributed by atoms with Crippen LogP contribution in [0.5, 0.6) is 0 Å². The Labute approximate surface area is 110 Å². The second-order valence-electron chi connectivity index (χ2n) is 6.12. The summed E-state index contributed by atoms with van der Waals surface area (Å²) in [5.41, 5.74) is -0.633. The fourth-order valence-electron chi connectivity index (χ4n) is 3.49. The number of carbonyl (C=O) groups is 1. The molecule has 1 N–H and O–H groups in total. The van der Waals surface area contributed by atoms with E-state index in [9.17, 15) is 9.90 Å². The first kappa shape index (κ1) is 13.8. The zero-order chi connectivity index (χ0) is 13.2. The Morgan fingerprint density at radius 2 is 1.94 bits per heavy atom. The summed E-state index contributed by atoms with van der Waals surface area (Å²) in [6.45, 7) is 5.12. The van der Waals surface area contributed by atoms with E-state index in [4.69, 9.17) is 0 Å². The second kappa shape index (κ2) is 5.57. The maximum Gasteiger partial charge on any atom is 0.323 e. The average Bonchev–Trinajstić information content (AvgIpc) is 2.54.